The first-order chi connectivity index (χ1) is 9.22. The van der Waals surface area contributed by atoms with Crippen molar-refractivity contribution in [1.29, 1.82) is 5.26 Å². The number of piperazine rings is 1. The largest absolute Gasteiger partial charge is 0.374 e. The van der Waals surface area contributed by atoms with Gasteiger partial charge in [-0.05, 0) is 26.2 Å². The van der Waals surface area contributed by atoms with Crippen LogP contribution in [0.15, 0.2) is 0 Å². The predicted molar refractivity (Wildman–Crippen MR) is 75.9 cm³/mol. The fourth-order valence-electron chi connectivity index (χ4n) is 3.17. The number of nitrogens with zero attached hydrogens (tertiary/aromatic N) is 3. The lowest BCUT2D eigenvalue weighted by atomic mass is 10.1. The maximum Gasteiger partial charge on any atom is 0.0978 e. The van der Waals surface area contributed by atoms with Crippen LogP contribution in [0, 0.1) is 11.3 Å². The number of hydrogen-bond acceptors (Lipinski definition) is 4. The van der Waals surface area contributed by atoms with Gasteiger partial charge in [0, 0.05) is 32.7 Å². The van der Waals surface area contributed by atoms with Crippen molar-refractivity contribution < 1.29 is 4.74 Å². The molecule has 4 heteroatoms. The van der Waals surface area contributed by atoms with Crippen LogP contribution in [0.1, 0.15) is 39.5 Å². The van der Waals surface area contributed by atoms with Crippen molar-refractivity contribution in [2.45, 2.75) is 57.8 Å². The topological polar surface area (TPSA) is 39.5 Å². The van der Waals surface area contributed by atoms with Crippen LogP contribution in [-0.4, -0.2) is 60.8 Å². The van der Waals surface area contributed by atoms with Crippen molar-refractivity contribution >= 4 is 0 Å². The van der Waals surface area contributed by atoms with Gasteiger partial charge in [-0.25, -0.2) is 0 Å². The van der Waals surface area contributed by atoms with E-state index >= 15 is 0 Å². The molecular weight excluding hydrogens is 238 g/mol. The van der Waals surface area contributed by atoms with Crippen LogP contribution in [0.5, 0.6) is 0 Å². The van der Waals surface area contributed by atoms with E-state index in [0.717, 1.165) is 45.6 Å². The first-order valence-corrected chi connectivity index (χ1v) is 7.74. The van der Waals surface area contributed by atoms with Gasteiger partial charge >= 0.3 is 0 Å². The minimum Gasteiger partial charge on any atom is -0.374 e. The van der Waals surface area contributed by atoms with Crippen molar-refractivity contribution in [2.75, 3.05) is 32.7 Å². The molecule has 0 aliphatic carbocycles. The first-order valence-electron chi connectivity index (χ1n) is 7.74. The zero-order valence-electron chi connectivity index (χ0n) is 12.3. The Hall–Kier alpha value is -0.630. The van der Waals surface area contributed by atoms with Crippen LogP contribution in [0.3, 0.4) is 0 Å². The smallest absolute Gasteiger partial charge is 0.0978 e. The summed E-state index contributed by atoms with van der Waals surface area (Å²) < 4.78 is 5.89. The monoisotopic (exact) mass is 265 g/mol. The van der Waals surface area contributed by atoms with Gasteiger partial charge in [0.1, 0.15) is 0 Å². The minimum atomic E-state index is 0.120. The van der Waals surface area contributed by atoms with Crippen LogP contribution in [0.2, 0.25) is 0 Å². The Labute approximate surface area is 117 Å². The highest BCUT2D eigenvalue weighted by Crippen LogP contribution is 2.20. The lowest BCUT2D eigenvalue weighted by Gasteiger charge is -2.37. The molecule has 0 aromatic carbocycles. The van der Waals surface area contributed by atoms with Gasteiger partial charge in [-0.15, -0.1) is 0 Å². The Morgan fingerprint density at radius 2 is 2.00 bits per heavy atom. The maximum atomic E-state index is 9.21. The molecule has 2 heterocycles. The molecular formula is C15H27N3O. The summed E-state index contributed by atoms with van der Waals surface area (Å²) in [5.41, 5.74) is 0. The normalized spacial score (nSPS) is 31.2. The van der Waals surface area contributed by atoms with Gasteiger partial charge in [0.05, 0.1) is 24.3 Å². The zero-order chi connectivity index (χ0) is 13.7. The Morgan fingerprint density at radius 3 is 2.53 bits per heavy atom. The molecule has 0 bridgehead atoms. The Morgan fingerprint density at radius 1 is 1.26 bits per heavy atom. The zero-order valence-corrected chi connectivity index (χ0v) is 12.3. The highest BCUT2D eigenvalue weighted by molar-refractivity contribution is 4.93. The average molecular weight is 265 g/mol. The van der Waals surface area contributed by atoms with E-state index in [1.807, 2.05) is 0 Å². The van der Waals surface area contributed by atoms with E-state index in [-0.39, 0.29) is 6.04 Å². The summed E-state index contributed by atoms with van der Waals surface area (Å²) in [5.74, 6) is 0. The van der Waals surface area contributed by atoms with Crippen molar-refractivity contribution in [3.05, 3.63) is 0 Å². The minimum absolute atomic E-state index is 0.120. The van der Waals surface area contributed by atoms with Gasteiger partial charge in [-0.3, -0.25) is 9.80 Å². The summed E-state index contributed by atoms with van der Waals surface area (Å²) in [6.45, 7) is 9.61. The molecule has 3 atom stereocenters. The summed E-state index contributed by atoms with van der Waals surface area (Å²) in [6.07, 6.45) is 5.38. The van der Waals surface area contributed by atoms with E-state index in [1.165, 1.54) is 12.8 Å². The second kappa shape index (κ2) is 7.23. The van der Waals surface area contributed by atoms with Crippen molar-refractivity contribution in [1.82, 2.24) is 9.80 Å². The van der Waals surface area contributed by atoms with Gasteiger partial charge in [0.2, 0.25) is 0 Å². The fourth-order valence-corrected chi connectivity index (χ4v) is 3.17. The lowest BCUT2D eigenvalue weighted by molar-refractivity contribution is 0.0164. The molecule has 2 fully saturated rings. The number of ether oxygens (including phenoxy) is 1. The van der Waals surface area contributed by atoms with Crippen LogP contribution >= 0.6 is 0 Å². The SMILES string of the molecule is CCCC(C#N)N1CCN(CC2CCC(C)O2)CC1. The summed E-state index contributed by atoms with van der Waals surface area (Å²) in [4.78, 5) is 4.84. The molecule has 0 N–H and O–H groups in total. The van der Waals surface area contributed by atoms with Crippen molar-refractivity contribution in [2.24, 2.45) is 0 Å². The predicted octanol–water partition coefficient (Wildman–Crippen LogP) is 1.86. The Bertz CT molecular complexity index is 307. The summed E-state index contributed by atoms with van der Waals surface area (Å²) >= 11 is 0. The molecule has 0 saturated carbocycles. The van der Waals surface area contributed by atoms with E-state index in [1.54, 1.807) is 0 Å². The van der Waals surface area contributed by atoms with E-state index in [2.05, 4.69) is 29.7 Å². The van der Waals surface area contributed by atoms with Gasteiger partial charge < -0.3 is 4.74 Å². The van der Waals surface area contributed by atoms with E-state index in [4.69, 9.17) is 4.74 Å². The molecule has 2 aliphatic heterocycles. The van der Waals surface area contributed by atoms with Gasteiger partial charge in [0.25, 0.3) is 0 Å². The molecule has 108 valence electrons. The maximum absolute atomic E-state index is 9.21. The van der Waals surface area contributed by atoms with E-state index in [0.29, 0.717) is 12.2 Å². The Balaban J connectivity index is 1.71. The molecule has 2 aliphatic rings. The van der Waals surface area contributed by atoms with Crippen LogP contribution in [-0.2, 0) is 4.74 Å². The van der Waals surface area contributed by atoms with Crippen molar-refractivity contribution in [3.63, 3.8) is 0 Å². The lowest BCUT2D eigenvalue weighted by Crippen LogP contribution is -2.51. The molecule has 0 radical (unpaired) electrons. The standard InChI is InChI=1S/C15H27N3O/c1-3-4-14(11-16)18-9-7-17(8-10-18)12-15-6-5-13(2)19-15/h13-15H,3-10,12H2,1-2H3. The fraction of sp³-hybridized carbons (Fsp3) is 0.933. The summed E-state index contributed by atoms with van der Waals surface area (Å²) in [6, 6.07) is 2.57. The second-order valence-electron chi connectivity index (χ2n) is 5.92. The van der Waals surface area contributed by atoms with Gasteiger partial charge in [-0.2, -0.15) is 5.26 Å². The average Bonchev–Trinajstić information content (AvgIpc) is 2.82. The molecule has 2 rings (SSSR count). The molecule has 4 nitrogen and oxygen atoms in total. The molecule has 0 spiro atoms. The highest BCUT2D eigenvalue weighted by Gasteiger charge is 2.27. The molecule has 0 amide bonds. The molecule has 3 unspecified atom stereocenters. The summed E-state index contributed by atoms with van der Waals surface area (Å²) in [7, 11) is 0. The number of hydrogen-bond donors (Lipinski definition) is 0. The molecule has 2 saturated heterocycles. The second-order valence-corrected chi connectivity index (χ2v) is 5.92. The number of nitriles is 1. The highest BCUT2D eigenvalue weighted by atomic mass is 16.5. The molecule has 0 aromatic heterocycles. The molecule has 19 heavy (non-hydrogen) atoms. The first kappa shape index (κ1) is 14.8. The number of rotatable bonds is 5. The van der Waals surface area contributed by atoms with Crippen LogP contribution in [0.4, 0.5) is 0 Å². The third-order valence-electron chi connectivity index (χ3n) is 4.34. The third kappa shape index (κ3) is 4.17. The van der Waals surface area contributed by atoms with E-state index < -0.39 is 0 Å². The van der Waals surface area contributed by atoms with Crippen LogP contribution < -0.4 is 0 Å². The Kier molecular flexibility index (Phi) is 5.62. The van der Waals surface area contributed by atoms with Crippen molar-refractivity contribution in [3.8, 4) is 6.07 Å². The van der Waals surface area contributed by atoms with Gasteiger partial charge in [0.15, 0.2) is 0 Å². The van der Waals surface area contributed by atoms with Gasteiger partial charge in [-0.1, -0.05) is 13.3 Å². The quantitative estimate of drug-likeness (QED) is 0.761. The third-order valence-corrected chi connectivity index (χ3v) is 4.34. The summed E-state index contributed by atoms with van der Waals surface area (Å²) in [5, 5.41) is 9.21. The van der Waals surface area contributed by atoms with E-state index in [9.17, 15) is 5.26 Å². The molecule has 0 aromatic rings. The van der Waals surface area contributed by atoms with Crippen LogP contribution in [0.25, 0.3) is 0 Å².